The topological polar surface area (TPSA) is 83.5 Å². The summed E-state index contributed by atoms with van der Waals surface area (Å²) in [5.41, 5.74) is 3.72. The second-order valence-corrected chi connectivity index (χ2v) is 5.62. The minimum Gasteiger partial charge on any atom is -0.478 e. The number of aldehydes is 1. The van der Waals surface area contributed by atoms with Crippen LogP contribution in [0.2, 0.25) is 5.02 Å². The summed E-state index contributed by atoms with van der Waals surface area (Å²) in [5.74, 6) is -0.875. The van der Waals surface area contributed by atoms with Crippen molar-refractivity contribution in [3.63, 3.8) is 0 Å². The van der Waals surface area contributed by atoms with Gasteiger partial charge in [0.25, 0.3) is 0 Å². The number of carbonyl (C=O) groups is 3. The van der Waals surface area contributed by atoms with Crippen LogP contribution >= 0.6 is 11.6 Å². The molecule has 5 nitrogen and oxygen atoms in total. The number of rotatable bonds is 4. The first-order valence-corrected chi connectivity index (χ1v) is 8.72. The molecular weight excluding hydrogens is 366 g/mol. The van der Waals surface area contributed by atoms with Gasteiger partial charge in [0.1, 0.15) is 13.1 Å². The molecule has 2 rings (SSSR count). The lowest BCUT2D eigenvalue weighted by Gasteiger charge is -2.05. The van der Waals surface area contributed by atoms with Crippen molar-refractivity contribution in [2.75, 3.05) is 12.4 Å². The van der Waals surface area contributed by atoms with Crippen molar-refractivity contribution < 1.29 is 19.5 Å². The zero-order chi connectivity index (χ0) is 21.2. The number of carboxylic acids is 1. The van der Waals surface area contributed by atoms with E-state index in [0.29, 0.717) is 5.56 Å². The van der Waals surface area contributed by atoms with Crippen molar-refractivity contribution in [1.29, 1.82) is 0 Å². The lowest BCUT2D eigenvalue weighted by Crippen LogP contribution is -1.94. The van der Waals surface area contributed by atoms with E-state index >= 15 is 0 Å². The van der Waals surface area contributed by atoms with Crippen molar-refractivity contribution in [2.24, 2.45) is 0 Å². The van der Waals surface area contributed by atoms with Crippen LogP contribution in [0, 0.1) is 6.92 Å². The van der Waals surface area contributed by atoms with E-state index in [4.69, 9.17) is 26.3 Å². The van der Waals surface area contributed by atoms with Gasteiger partial charge in [0.15, 0.2) is 0 Å². The maximum Gasteiger partial charge on any atom is 0.335 e. The number of aryl methyl sites for hydroxylation is 2. The highest BCUT2D eigenvalue weighted by molar-refractivity contribution is 6.31. The molecule has 27 heavy (non-hydrogen) atoms. The number of aromatic carboxylic acids is 1. The fraction of sp³-hybridized carbons (Fsp3) is 0.286. The van der Waals surface area contributed by atoms with Crippen molar-refractivity contribution in [2.45, 2.75) is 33.6 Å². The summed E-state index contributed by atoms with van der Waals surface area (Å²) in [6.45, 7) is 7.52. The minimum atomic E-state index is -0.875. The molecule has 0 aromatic heterocycles. The van der Waals surface area contributed by atoms with E-state index in [1.54, 1.807) is 24.3 Å². The monoisotopic (exact) mass is 393 g/mol. The van der Waals surface area contributed by atoms with Gasteiger partial charge < -0.3 is 20.0 Å². The van der Waals surface area contributed by atoms with Crippen LogP contribution in [0.1, 0.15) is 41.8 Å². The SMILES string of the molecule is C=O.CC=O.CCCc1ccc(NC)cc1Cl.Cc1ccc(C(=O)O)cc1. The summed E-state index contributed by atoms with van der Waals surface area (Å²) < 4.78 is 0. The average molecular weight is 394 g/mol. The molecule has 0 fully saturated rings. The molecule has 2 aromatic carbocycles. The van der Waals surface area contributed by atoms with Gasteiger partial charge in [0, 0.05) is 17.8 Å². The van der Waals surface area contributed by atoms with Crippen LogP contribution in [-0.4, -0.2) is 31.2 Å². The van der Waals surface area contributed by atoms with E-state index in [-0.39, 0.29) is 0 Å². The van der Waals surface area contributed by atoms with E-state index < -0.39 is 5.97 Å². The van der Waals surface area contributed by atoms with E-state index in [9.17, 15) is 4.79 Å². The molecule has 0 saturated carbocycles. The summed E-state index contributed by atoms with van der Waals surface area (Å²) in [5, 5.41) is 12.4. The maximum absolute atomic E-state index is 10.3. The van der Waals surface area contributed by atoms with E-state index in [0.717, 1.165) is 35.4 Å². The second-order valence-electron chi connectivity index (χ2n) is 5.21. The standard InChI is InChI=1S/C10H14ClN.C8H8O2.C2H4O.CH2O/c1-3-4-8-5-6-9(12-2)7-10(8)11;1-6-2-4-7(5-3-6)8(9)10;1-2-3;1-2/h5-7,12H,3-4H2,1-2H3;2-5H,1H3,(H,9,10);2H,1H3;1H2. The summed E-state index contributed by atoms with van der Waals surface area (Å²) in [6.07, 6.45) is 2.95. The molecular formula is C21H28ClNO4. The zero-order valence-electron chi connectivity index (χ0n) is 16.3. The number of nitrogens with one attached hydrogen (secondary N) is 1. The molecule has 0 heterocycles. The molecule has 2 N–H and O–H groups in total. The van der Waals surface area contributed by atoms with E-state index in [1.807, 2.05) is 26.8 Å². The molecule has 148 valence electrons. The molecule has 6 heteroatoms. The predicted molar refractivity (Wildman–Crippen MR) is 112 cm³/mol. The Morgan fingerprint density at radius 2 is 1.70 bits per heavy atom. The highest BCUT2D eigenvalue weighted by Gasteiger charge is 1.99. The third-order valence-electron chi connectivity index (χ3n) is 3.16. The fourth-order valence-electron chi connectivity index (χ4n) is 1.87. The fourth-order valence-corrected chi connectivity index (χ4v) is 2.15. The van der Waals surface area contributed by atoms with Crippen LogP contribution in [0.5, 0.6) is 0 Å². The van der Waals surface area contributed by atoms with Crippen molar-refractivity contribution in [3.05, 3.63) is 64.2 Å². The van der Waals surface area contributed by atoms with Crippen molar-refractivity contribution in [3.8, 4) is 0 Å². The quantitative estimate of drug-likeness (QED) is 0.710. The number of carbonyl (C=O) groups excluding carboxylic acids is 2. The van der Waals surface area contributed by atoms with Gasteiger partial charge in [-0.05, 0) is 50.1 Å². The highest BCUT2D eigenvalue weighted by atomic mass is 35.5. The molecule has 0 aliphatic heterocycles. The smallest absolute Gasteiger partial charge is 0.335 e. The Morgan fingerprint density at radius 3 is 2.07 bits per heavy atom. The Kier molecular flexibility index (Phi) is 16.5. The van der Waals surface area contributed by atoms with Gasteiger partial charge in [-0.25, -0.2) is 4.79 Å². The molecule has 0 radical (unpaired) electrons. The number of hydrogen-bond donors (Lipinski definition) is 2. The Morgan fingerprint density at radius 1 is 1.19 bits per heavy atom. The zero-order valence-corrected chi connectivity index (χ0v) is 17.0. The lowest BCUT2D eigenvalue weighted by molar-refractivity contribution is -0.106. The van der Waals surface area contributed by atoms with E-state index in [1.165, 1.54) is 12.5 Å². The predicted octanol–water partition coefficient (Wildman–Crippen LogP) is 5.05. The summed E-state index contributed by atoms with van der Waals surface area (Å²) in [6, 6.07) is 12.9. The average Bonchev–Trinajstić information content (AvgIpc) is 2.67. The molecule has 0 saturated heterocycles. The molecule has 0 unspecified atom stereocenters. The van der Waals surface area contributed by atoms with Gasteiger partial charge in [-0.1, -0.05) is 48.7 Å². The number of halogens is 1. The molecule has 0 aliphatic rings. The van der Waals surface area contributed by atoms with Crippen LogP contribution in [-0.2, 0) is 16.0 Å². The molecule has 2 aromatic rings. The third-order valence-corrected chi connectivity index (χ3v) is 3.51. The Hall–Kier alpha value is -2.66. The van der Waals surface area contributed by atoms with Crippen LogP contribution in [0.3, 0.4) is 0 Å². The van der Waals surface area contributed by atoms with Gasteiger partial charge in [-0.15, -0.1) is 0 Å². The first kappa shape index (κ1) is 26.6. The molecule has 0 spiro atoms. The summed E-state index contributed by atoms with van der Waals surface area (Å²) in [4.78, 5) is 27.1. The largest absolute Gasteiger partial charge is 0.478 e. The summed E-state index contributed by atoms with van der Waals surface area (Å²) in [7, 11) is 1.89. The van der Waals surface area contributed by atoms with Crippen molar-refractivity contribution >= 4 is 36.3 Å². The van der Waals surface area contributed by atoms with E-state index in [2.05, 4.69) is 24.4 Å². The molecule has 0 aliphatic carbocycles. The molecule has 0 atom stereocenters. The van der Waals surface area contributed by atoms with Crippen LogP contribution in [0.15, 0.2) is 42.5 Å². The number of benzene rings is 2. The first-order valence-electron chi connectivity index (χ1n) is 8.34. The second kappa shape index (κ2) is 16.8. The van der Waals surface area contributed by atoms with Gasteiger partial charge in [0.2, 0.25) is 0 Å². The number of carboxylic acid groups (broad SMARTS) is 1. The van der Waals surface area contributed by atoms with Gasteiger partial charge in [-0.3, -0.25) is 0 Å². The third kappa shape index (κ3) is 12.3. The maximum atomic E-state index is 10.3. The van der Waals surface area contributed by atoms with Crippen LogP contribution in [0.4, 0.5) is 5.69 Å². The Bertz CT molecular complexity index is 672. The highest BCUT2D eigenvalue weighted by Crippen LogP contribution is 2.21. The first-order chi connectivity index (χ1) is 12.9. The minimum absolute atomic E-state index is 0.339. The lowest BCUT2D eigenvalue weighted by atomic mass is 10.1. The number of anilines is 1. The van der Waals surface area contributed by atoms with Crippen molar-refractivity contribution in [1.82, 2.24) is 0 Å². The summed E-state index contributed by atoms with van der Waals surface area (Å²) >= 11 is 6.05. The molecule has 0 amide bonds. The van der Waals surface area contributed by atoms with Gasteiger partial charge in [0.05, 0.1) is 5.56 Å². The Labute approximate surface area is 166 Å². The van der Waals surface area contributed by atoms with Crippen LogP contribution in [0.25, 0.3) is 0 Å². The van der Waals surface area contributed by atoms with Gasteiger partial charge >= 0.3 is 5.97 Å². The van der Waals surface area contributed by atoms with Crippen LogP contribution < -0.4 is 5.32 Å². The van der Waals surface area contributed by atoms with Gasteiger partial charge in [-0.2, -0.15) is 0 Å². The Balaban J connectivity index is 0. The normalized spacial score (nSPS) is 8.48. The molecule has 0 bridgehead atoms. The number of hydrogen-bond acceptors (Lipinski definition) is 4.